The lowest BCUT2D eigenvalue weighted by atomic mass is 10.1. The van der Waals surface area contributed by atoms with E-state index in [0.717, 1.165) is 43.6 Å². The molecule has 0 saturated carbocycles. The van der Waals surface area contributed by atoms with E-state index in [2.05, 4.69) is 4.90 Å². The minimum absolute atomic E-state index is 0.171. The molecule has 2 heterocycles. The molecular formula is C18H31N3O3S. The van der Waals surface area contributed by atoms with Crippen LogP contribution in [0.1, 0.15) is 39.0 Å². The van der Waals surface area contributed by atoms with Crippen molar-refractivity contribution in [2.75, 3.05) is 59.0 Å². The van der Waals surface area contributed by atoms with Crippen molar-refractivity contribution in [3.8, 4) is 0 Å². The molecule has 2 aliphatic rings. The molecule has 0 unspecified atom stereocenters. The highest BCUT2D eigenvalue weighted by molar-refractivity contribution is 7.80. The summed E-state index contributed by atoms with van der Waals surface area (Å²) in [6, 6.07) is 0. The quantitative estimate of drug-likeness (QED) is 0.477. The fourth-order valence-corrected chi connectivity index (χ4v) is 3.39. The van der Waals surface area contributed by atoms with Crippen LogP contribution in [0.2, 0.25) is 0 Å². The smallest absolute Gasteiger partial charge is 0.236 e. The predicted octanol–water partition coefficient (Wildman–Crippen LogP) is 1.33. The van der Waals surface area contributed by atoms with E-state index in [0.29, 0.717) is 52.4 Å². The van der Waals surface area contributed by atoms with Gasteiger partial charge in [-0.05, 0) is 31.1 Å². The fourth-order valence-electron chi connectivity index (χ4n) is 3.24. The molecular weight excluding hydrogens is 338 g/mol. The molecule has 142 valence electrons. The number of hydrogen-bond donors (Lipinski definition) is 0. The van der Waals surface area contributed by atoms with Gasteiger partial charge in [-0.25, -0.2) is 0 Å². The lowest BCUT2D eigenvalue weighted by molar-refractivity contribution is -0.140. The van der Waals surface area contributed by atoms with E-state index in [1.807, 2.05) is 16.7 Å². The van der Waals surface area contributed by atoms with E-state index < -0.39 is 0 Å². The molecule has 7 heteroatoms. The molecule has 2 amide bonds. The number of carbonyl (C=O) groups excluding carboxylic acids is 2. The Hall–Kier alpha value is -1.05. The number of amides is 2. The molecule has 0 aliphatic carbocycles. The van der Waals surface area contributed by atoms with Crippen LogP contribution < -0.4 is 0 Å². The summed E-state index contributed by atoms with van der Waals surface area (Å²) >= 11 is 5.07. The lowest BCUT2D eigenvalue weighted by Crippen LogP contribution is -2.53. The molecule has 2 aliphatic heterocycles. The number of hydrogen-bond acceptors (Lipinski definition) is 5. The van der Waals surface area contributed by atoms with Crippen LogP contribution in [0.3, 0.4) is 0 Å². The second kappa shape index (κ2) is 10.8. The highest BCUT2D eigenvalue weighted by Crippen LogP contribution is 2.10. The molecule has 25 heavy (non-hydrogen) atoms. The minimum atomic E-state index is 0.171. The van der Waals surface area contributed by atoms with Crippen LogP contribution in [0.4, 0.5) is 0 Å². The molecule has 0 spiro atoms. The van der Waals surface area contributed by atoms with Gasteiger partial charge >= 0.3 is 0 Å². The van der Waals surface area contributed by atoms with Crippen molar-refractivity contribution in [2.24, 2.45) is 0 Å². The summed E-state index contributed by atoms with van der Waals surface area (Å²) < 4.78 is 5.31. The molecule has 6 nitrogen and oxygen atoms in total. The Morgan fingerprint density at radius 1 is 0.840 bits per heavy atom. The molecule has 0 bridgehead atoms. The van der Waals surface area contributed by atoms with Gasteiger partial charge in [0.15, 0.2) is 0 Å². The number of carbonyl (C=O) groups is 2. The van der Waals surface area contributed by atoms with E-state index in [9.17, 15) is 9.59 Å². The summed E-state index contributed by atoms with van der Waals surface area (Å²) in [6.45, 7) is 8.13. The molecule has 0 aromatic rings. The van der Waals surface area contributed by atoms with E-state index in [4.69, 9.17) is 17.0 Å². The monoisotopic (exact) mass is 369 g/mol. The Morgan fingerprint density at radius 2 is 1.40 bits per heavy atom. The zero-order valence-electron chi connectivity index (χ0n) is 15.4. The SMILES string of the molecule is CC(=S)CCCCCC(=O)N1CCN(C(=O)CN2CCOCC2)CC1. The van der Waals surface area contributed by atoms with Gasteiger partial charge < -0.3 is 14.5 Å². The average molecular weight is 370 g/mol. The standard InChI is InChI=1S/C18H31N3O3S/c1-16(25)5-3-2-4-6-17(22)20-7-9-21(10-8-20)18(23)15-19-11-13-24-14-12-19/h2-15H2,1H3. The van der Waals surface area contributed by atoms with Gasteiger partial charge in [-0.2, -0.15) is 0 Å². The Kier molecular flexibility index (Phi) is 8.78. The van der Waals surface area contributed by atoms with Crippen LogP contribution >= 0.6 is 12.2 Å². The average Bonchev–Trinajstić information content (AvgIpc) is 2.62. The first-order valence-electron chi connectivity index (χ1n) is 9.41. The van der Waals surface area contributed by atoms with Crippen LogP contribution in [0.15, 0.2) is 0 Å². The summed E-state index contributed by atoms with van der Waals surface area (Å²) in [5.41, 5.74) is 0. The van der Waals surface area contributed by atoms with Crippen LogP contribution in [0.25, 0.3) is 0 Å². The van der Waals surface area contributed by atoms with Crippen molar-refractivity contribution in [3.05, 3.63) is 0 Å². The van der Waals surface area contributed by atoms with Crippen LogP contribution in [-0.2, 0) is 14.3 Å². The molecule has 0 atom stereocenters. The zero-order valence-corrected chi connectivity index (χ0v) is 16.2. The number of morpholine rings is 1. The van der Waals surface area contributed by atoms with Gasteiger partial charge in [0, 0.05) is 45.7 Å². The second-order valence-electron chi connectivity index (χ2n) is 6.91. The third-order valence-electron chi connectivity index (χ3n) is 4.87. The van der Waals surface area contributed by atoms with Crippen molar-refractivity contribution in [1.82, 2.24) is 14.7 Å². The number of unbranched alkanes of at least 4 members (excludes halogenated alkanes) is 2. The molecule has 2 fully saturated rings. The highest BCUT2D eigenvalue weighted by Gasteiger charge is 2.25. The van der Waals surface area contributed by atoms with E-state index in [-0.39, 0.29) is 11.8 Å². The molecule has 0 aromatic carbocycles. The summed E-state index contributed by atoms with van der Waals surface area (Å²) in [7, 11) is 0. The van der Waals surface area contributed by atoms with Gasteiger partial charge in [0.1, 0.15) is 0 Å². The topological polar surface area (TPSA) is 53.1 Å². The number of ether oxygens (including phenoxy) is 1. The number of nitrogens with zero attached hydrogens (tertiary/aromatic N) is 3. The van der Waals surface area contributed by atoms with Gasteiger partial charge in [0.2, 0.25) is 11.8 Å². The van der Waals surface area contributed by atoms with Crippen LogP contribution in [-0.4, -0.2) is 90.4 Å². The van der Waals surface area contributed by atoms with Gasteiger partial charge in [-0.3, -0.25) is 14.5 Å². The maximum Gasteiger partial charge on any atom is 0.236 e. The summed E-state index contributed by atoms with van der Waals surface area (Å²) in [5.74, 6) is 0.392. The number of thiocarbonyl (C=S) groups is 1. The first kappa shape index (κ1) is 20.3. The zero-order chi connectivity index (χ0) is 18.1. The molecule has 0 aromatic heterocycles. The van der Waals surface area contributed by atoms with Crippen LogP contribution in [0, 0.1) is 0 Å². The molecule has 2 saturated heterocycles. The summed E-state index contributed by atoms with van der Waals surface area (Å²) in [6.07, 6.45) is 4.65. The maximum absolute atomic E-state index is 12.4. The highest BCUT2D eigenvalue weighted by atomic mass is 32.1. The largest absolute Gasteiger partial charge is 0.379 e. The Balaban J connectivity index is 1.60. The lowest BCUT2D eigenvalue weighted by Gasteiger charge is -2.36. The van der Waals surface area contributed by atoms with Crippen molar-refractivity contribution in [1.29, 1.82) is 0 Å². The van der Waals surface area contributed by atoms with Crippen molar-refractivity contribution < 1.29 is 14.3 Å². The predicted molar refractivity (Wildman–Crippen MR) is 102 cm³/mol. The fraction of sp³-hybridized carbons (Fsp3) is 0.833. The third kappa shape index (κ3) is 7.38. The van der Waals surface area contributed by atoms with Gasteiger partial charge in [0.25, 0.3) is 0 Å². The molecule has 0 N–H and O–H groups in total. The van der Waals surface area contributed by atoms with Crippen molar-refractivity contribution in [3.63, 3.8) is 0 Å². The van der Waals surface area contributed by atoms with Gasteiger partial charge in [-0.1, -0.05) is 18.6 Å². The Morgan fingerprint density at radius 3 is 2.00 bits per heavy atom. The summed E-state index contributed by atoms with van der Waals surface area (Å²) in [5, 5.41) is 0. The van der Waals surface area contributed by atoms with Crippen molar-refractivity contribution in [2.45, 2.75) is 39.0 Å². The van der Waals surface area contributed by atoms with E-state index in [1.54, 1.807) is 0 Å². The molecule has 2 rings (SSSR count). The Bertz CT molecular complexity index is 458. The maximum atomic E-state index is 12.4. The normalized spacial score (nSPS) is 19.1. The van der Waals surface area contributed by atoms with E-state index >= 15 is 0 Å². The first-order chi connectivity index (χ1) is 12.1. The van der Waals surface area contributed by atoms with Crippen LogP contribution in [0.5, 0.6) is 0 Å². The number of piperazine rings is 1. The Labute approximate surface area is 156 Å². The van der Waals surface area contributed by atoms with Crippen molar-refractivity contribution >= 4 is 28.9 Å². The second-order valence-corrected chi connectivity index (χ2v) is 7.61. The minimum Gasteiger partial charge on any atom is -0.379 e. The van der Waals surface area contributed by atoms with Gasteiger partial charge in [0.05, 0.1) is 19.8 Å². The number of rotatable bonds is 8. The third-order valence-corrected chi connectivity index (χ3v) is 5.07. The first-order valence-corrected chi connectivity index (χ1v) is 9.82. The summed E-state index contributed by atoms with van der Waals surface area (Å²) in [4.78, 5) is 31.6. The van der Waals surface area contributed by atoms with Gasteiger partial charge in [-0.15, -0.1) is 0 Å². The van der Waals surface area contributed by atoms with E-state index in [1.165, 1.54) is 0 Å². The molecule has 0 radical (unpaired) electrons.